The number of methoxy groups -OCH3 is 1. The van der Waals surface area contributed by atoms with E-state index < -0.39 is 23.5 Å². The second-order valence-electron chi connectivity index (χ2n) is 9.22. The highest BCUT2D eigenvalue weighted by atomic mass is 16.5. The van der Waals surface area contributed by atoms with Crippen LogP contribution >= 0.6 is 0 Å². The van der Waals surface area contributed by atoms with Gasteiger partial charge in [-0.2, -0.15) is 0 Å². The Kier molecular flexibility index (Phi) is 7.40. The van der Waals surface area contributed by atoms with Crippen molar-refractivity contribution >= 4 is 18.0 Å². The molecule has 0 radical (unpaired) electrons. The lowest BCUT2D eigenvalue weighted by molar-refractivity contribution is -0.148. The first-order valence-corrected chi connectivity index (χ1v) is 12.0. The van der Waals surface area contributed by atoms with Crippen LogP contribution in [-0.4, -0.2) is 66.9 Å². The number of carbonyl (C=O) groups excluding carboxylic acids is 2. The third-order valence-electron chi connectivity index (χ3n) is 7.22. The van der Waals surface area contributed by atoms with Gasteiger partial charge >= 0.3 is 12.1 Å². The third kappa shape index (κ3) is 4.89. The number of benzene rings is 2. The quantitative estimate of drug-likeness (QED) is 0.598. The number of piperidine rings is 1. The maximum Gasteiger partial charge on any atom is 0.408 e. The number of hydrogen-bond acceptors (Lipinski definition) is 5. The van der Waals surface area contributed by atoms with Crippen molar-refractivity contribution in [2.75, 3.05) is 33.4 Å². The highest BCUT2D eigenvalue weighted by Crippen LogP contribution is 2.44. The summed E-state index contributed by atoms with van der Waals surface area (Å²) in [5.41, 5.74) is 3.21. The van der Waals surface area contributed by atoms with Gasteiger partial charge in [0.25, 0.3) is 5.91 Å². The van der Waals surface area contributed by atoms with Crippen LogP contribution in [0.2, 0.25) is 0 Å². The van der Waals surface area contributed by atoms with Gasteiger partial charge in [-0.05, 0) is 41.5 Å². The molecule has 2 N–H and O–H groups in total. The van der Waals surface area contributed by atoms with E-state index in [-0.39, 0.29) is 25.0 Å². The Morgan fingerprint density at radius 3 is 2.11 bits per heavy atom. The number of rotatable bonds is 8. The number of nitrogens with one attached hydrogen (secondary N) is 1. The summed E-state index contributed by atoms with van der Waals surface area (Å²) < 4.78 is 11.0. The van der Waals surface area contributed by atoms with Gasteiger partial charge in [0.15, 0.2) is 0 Å². The van der Waals surface area contributed by atoms with Crippen molar-refractivity contribution in [1.82, 2.24) is 10.2 Å². The van der Waals surface area contributed by atoms with Crippen LogP contribution in [0, 0.1) is 5.92 Å². The second kappa shape index (κ2) is 10.5. The average molecular weight is 481 g/mol. The number of nitrogens with zero attached hydrogens (tertiary/aromatic N) is 1. The number of likely N-dealkylation sites (tertiary alicyclic amines) is 1. The standard InChI is InChI=1S/C27H32N2O6/c1-3-27(17-34-2,25(32)29-14-12-18(13-15-29)24(30)31)28-26(33)35-16-23-21-10-6-4-8-19(21)20-9-5-7-11-22(20)23/h4-11,18,23H,3,12-17H2,1-2H3,(H,28,33)(H,30,31). The van der Waals surface area contributed by atoms with E-state index in [9.17, 15) is 19.5 Å². The van der Waals surface area contributed by atoms with Crippen LogP contribution in [0.4, 0.5) is 4.79 Å². The van der Waals surface area contributed by atoms with Crippen molar-refractivity contribution in [2.24, 2.45) is 5.92 Å². The van der Waals surface area contributed by atoms with E-state index in [1.807, 2.05) is 43.3 Å². The molecule has 8 heteroatoms. The fraction of sp³-hybridized carbons (Fsp3) is 0.444. The first-order chi connectivity index (χ1) is 16.9. The van der Waals surface area contributed by atoms with Crippen LogP contribution in [-0.2, 0) is 19.1 Å². The Labute approximate surface area is 205 Å². The zero-order chi connectivity index (χ0) is 25.0. The number of fused-ring (bicyclic) bond motifs is 3. The van der Waals surface area contributed by atoms with Crippen molar-refractivity contribution in [1.29, 1.82) is 0 Å². The highest BCUT2D eigenvalue weighted by Gasteiger charge is 2.43. The molecule has 1 heterocycles. The maximum absolute atomic E-state index is 13.5. The van der Waals surface area contributed by atoms with E-state index in [2.05, 4.69) is 17.4 Å². The summed E-state index contributed by atoms with van der Waals surface area (Å²) in [6.07, 6.45) is 0.403. The number of hydrogen-bond donors (Lipinski definition) is 2. The van der Waals surface area contributed by atoms with Crippen molar-refractivity contribution in [3.05, 3.63) is 59.7 Å². The molecule has 1 fully saturated rings. The molecule has 1 unspecified atom stereocenters. The van der Waals surface area contributed by atoms with E-state index in [1.54, 1.807) is 4.90 Å². The topological polar surface area (TPSA) is 105 Å². The number of carboxylic acids is 1. The van der Waals surface area contributed by atoms with E-state index in [0.29, 0.717) is 32.4 Å². The minimum absolute atomic E-state index is 0.00854. The molecular formula is C27H32N2O6. The number of carboxylic acid groups (broad SMARTS) is 1. The lowest BCUT2D eigenvalue weighted by Crippen LogP contribution is -2.63. The fourth-order valence-corrected chi connectivity index (χ4v) is 5.20. The SMILES string of the molecule is CCC(COC)(NC(=O)OCC1c2ccccc2-c2ccccc21)C(=O)N1CCC(C(=O)O)CC1. The smallest absolute Gasteiger partial charge is 0.408 e. The van der Waals surface area contributed by atoms with E-state index in [4.69, 9.17) is 9.47 Å². The minimum Gasteiger partial charge on any atom is -0.481 e. The first-order valence-electron chi connectivity index (χ1n) is 12.0. The van der Waals surface area contributed by atoms with Gasteiger partial charge in [-0.15, -0.1) is 0 Å². The first kappa shape index (κ1) is 24.7. The van der Waals surface area contributed by atoms with Gasteiger partial charge in [-0.3, -0.25) is 9.59 Å². The zero-order valence-electron chi connectivity index (χ0n) is 20.2. The molecule has 1 atom stereocenters. The van der Waals surface area contributed by atoms with Crippen LogP contribution in [0.25, 0.3) is 11.1 Å². The number of carbonyl (C=O) groups is 3. The Balaban J connectivity index is 1.45. The molecule has 2 aromatic rings. The normalized spacial score (nSPS) is 17.3. The maximum atomic E-state index is 13.5. The lowest BCUT2D eigenvalue weighted by atomic mass is 9.91. The van der Waals surface area contributed by atoms with Crippen LogP contribution in [0.5, 0.6) is 0 Å². The summed E-state index contributed by atoms with van der Waals surface area (Å²) in [6, 6.07) is 16.2. The molecule has 8 nitrogen and oxygen atoms in total. The van der Waals surface area contributed by atoms with E-state index in [0.717, 1.165) is 22.3 Å². The van der Waals surface area contributed by atoms with Gasteiger partial charge in [0.1, 0.15) is 12.1 Å². The highest BCUT2D eigenvalue weighted by molar-refractivity contribution is 5.90. The number of aliphatic carboxylic acids is 1. The molecule has 0 aromatic heterocycles. The number of amides is 2. The molecule has 0 bridgehead atoms. The molecule has 1 aliphatic heterocycles. The van der Waals surface area contributed by atoms with Crippen molar-refractivity contribution in [3.63, 3.8) is 0 Å². The van der Waals surface area contributed by atoms with Crippen LogP contribution < -0.4 is 5.32 Å². The molecule has 2 amide bonds. The van der Waals surface area contributed by atoms with Crippen molar-refractivity contribution < 1.29 is 29.0 Å². The average Bonchev–Trinajstić information content (AvgIpc) is 3.20. The predicted molar refractivity (Wildman–Crippen MR) is 130 cm³/mol. The summed E-state index contributed by atoms with van der Waals surface area (Å²) in [6.45, 7) is 2.60. The Morgan fingerprint density at radius 2 is 1.60 bits per heavy atom. The molecule has 186 valence electrons. The third-order valence-corrected chi connectivity index (χ3v) is 7.22. The van der Waals surface area contributed by atoms with E-state index >= 15 is 0 Å². The fourth-order valence-electron chi connectivity index (χ4n) is 5.20. The zero-order valence-corrected chi connectivity index (χ0v) is 20.2. The molecule has 4 rings (SSSR count). The minimum atomic E-state index is -1.28. The Hall–Kier alpha value is -3.39. The Bertz CT molecular complexity index is 1050. The van der Waals surface area contributed by atoms with Gasteiger partial charge in [-0.25, -0.2) is 4.79 Å². The summed E-state index contributed by atoms with van der Waals surface area (Å²) in [7, 11) is 1.48. The number of alkyl carbamates (subject to hydrolysis) is 1. The van der Waals surface area contributed by atoms with Crippen LogP contribution in [0.1, 0.15) is 43.2 Å². The second-order valence-corrected chi connectivity index (χ2v) is 9.22. The van der Waals surface area contributed by atoms with Gasteiger partial charge in [0, 0.05) is 26.1 Å². The molecule has 2 aromatic carbocycles. The molecule has 1 saturated heterocycles. The largest absolute Gasteiger partial charge is 0.481 e. The summed E-state index contributed by atoms with van der Waals surface area (Å²) in [5.74, 6) is -1.66. The molecular weight excluding hydrogens is 448 g/mol. The monoisotopic (exact) mass is 480 g/mol. The van der Waals surface area contributed by atoms with E-state index in [1.165, 1.54) is 7.11 Å². The summed E-state index contributed by atoms with van der Waals surface area (Å²) in [4.78, 5) is 39.3. The van der Waals surface area contributed by atoms with Crippen molar-refractivity contribution in [3.8, 4) is 11.1 Å². The lowest BCUT2D eigenvalue weighted by Gasteiger charge is -2.39. The van der Waals surface area contributed by atoms with Gasteiger partial charge in [-0.1, -0.05) is 55.5 Å². The molecule has 0 spiro atoms. The predicted octanol–water partition coefficient (Wildman–Crippen LogP) is 3.64. The number of ether oxygens (including phenoxy) is 2. The van der Waals surface area contributed by atoms with Gasteiger partial charge in [0.05, 0.1) is 12.5 Å². The van der Waals surface area contributed by atoms with Crippen molar-refractivity contribution in [2.45, 2.75) is 37.6 Å². The molecule has 35 heavy (non-hydrogen) atoms. The van der Waals surface area contributed by atoms with Crippen LogP contribution in [0.3, 0.4) is 0 Å². The molecule has 0 saturated carbocycles. The Morgan fingerprint density at radius 1 is 1.03 bits per heavy atom. The van der Waals surface area contributed by atoms with Gasteiger partial charge < -0.3 is 24.8 Å². The summed E-state index contributed by atoms with van der Waals surface area (Å²) in [5, 5.41) is 12.0. The summed E-state index contributed by atoms with van der Waals surface area (Å²) >= 11 is 0. The molecule has 2 aliphatic rings. The van der Waals surface area contributed by atoms with Crippen LogP contribution in [0.15, 0.2) is 48.5 Å². The molecule has 1 aliphatic carbocycles. The van der Waals surface area contributed by atoms with Gasteiger partial charge in [0.2, 0.25) is 0 Å².